The standard InChI is InChI=1S/C24H31F2N3O2/c1-14-20(13-28(5)27-14)19-7-6-16(21(25)22(19)26)8-15-9-17-11-29(12-18(17)10-15)23(30)31-24(2,3)4/h6-7,13,15,17-18H,8-12H2,1-5H3/t15?,17-,18+. The Bertz CT molecular complexity index is 981. The van der Waals surface area contributed by atoms with E-state index in [2.05, 4.69) is 5.10 Å². The van der Waals surface area contributed by atoms with Crippen molar-refractivity contribution >= 4 is 6.09 Å². The summed E-state index contributed by atoms with van der Waals surface area (Å²) >= 11 is 0. The van der Waals surface area contributed by atoms with Crippen molar-refractivity contribution in [2.24, 2.45) is 24.8 Å². The summed E-state index contributed by atoms with van der Waals surface area (Å²) in [4.78, 5) is 14.1. The first-order valence-electron chi connectivity index (χ1n) is 11.0. The van der Waals surface area contributed by atoms with Gasteiger partial charge < -0.3 is 9.64 Å². The largest absolute Gasteiger partial charge is 0.444 e. The predicted octanol–water partition coefficient (Wildman–Crippen LogP) is 5.11. The molecule has 3 atom stereocenters. The summed E-state index contributed by atoms with van der Waals surface area (Å²) in [5.41, 5.74) is 1.47. The molecule has 1 aromatic heterocycles. The molecule has 0 radical (unpaired) electrons. The van der Waals surface area contributed by atoms with Gasteiger partial charge in [0, 0.05) is 37.5 Å². The average molecular weight is 432 g/mol. The van der Waals surface area contributed by atoms with Gasteiger partial charge in [-0.2, -0.15) is 5.10 Å². The third-order valence-electron chi connectivity index (χ3n) is 6.47. The van der Waals surface area contributed by atoms with Crippen molar-refractivity contribution in [1.82, 2.24) is 14.7 Å². The van der Waals surface area contributed by atoms with Crippen LogP contribution in [0.5, 0.6) is 0 Å². The van der Waals surface area contributed by atoms with E-state index in [1.54, 1.807) is 41.9 Å². The first-order valence-corrected chi connectivity index (χ1v) is 11.0. The number of halogens is 2. The first kappa shape index (κ1) is 21.8. The van der Waals surface area contributed by atoms with E-state index in [0.29, 0.717) is 54.1 Å². The lowest BCUT2D eigenvalue weighted by molar-refractivity contribution is 0.0277. The summed E-state index contributed by atoms with van der Waals surface area (Å²) < 4.78 is 36.8. The second-order valence-corrected chi connectivity index (χ2v) is 10.1. The van der Waals surface area contributed by atoms with Gasteiger partial charge >= 0.3 is 6.09 Å². The van der Waals surface area contributed by atoms with Gasteiger partial charge in [-0.3, -0.25) is 4.68 Å². The quantitative estimate of drug-likeness (QED) is 0.679. The van der Waals surface area contributed by atoms with E-state index in [-0.39, 0.29) is 11.7 Å². The van der Waals surface area contributed by atoms with Crippen molar-refractivity contribution < 1.29 is 18.3 Å². The van der Waals surface area contributed by atoms with E-state index in [0.717, 1.165) is 12.8 Å². The van der Waals surface area contributed by atoms with Crippen LogP contribution >= 0.6 is 0 Å². The molecular weight excluding hydrogens is 400 g/mol. The molecule has 0 spiro atoms. The molecule has 1 aromatic carbocycles. The number of carbonyl (C=O) groups excluding carboxylic acids is 1. The number of carbonyl (C=O) groups is 1. The molecule has 168 valence electrons. The molecule has 2 aromatic rings. The fourth-order valence-corrected chi connectivity index (χ4v) is 5.20. The van der Waals surface area contributed by atoms with Crippen molar-refractivity contribution in [3.05, 3.63) is 41.2 Å². The van der Waals surface area contributed by atoms with Crippen molar-refractivity contribution in [3.63, 3.8) is 0 Å². The number of fused-ring (bicyclic) bond motifs is 1. The molecule has 1 aliphatic carbocycles. The van der Waals surface area contributed by atoms with E-state index in [9.17, 15) is 13.6 Å². The SMILES string of the molecule is Cc1nn(C)cc1-c1ccc(CC2C[C@@H]3CN(C(=O)OC(C)(C)C)C[C@@H]3C2)c(F)c1F. The number of ether oxygens (including phenoxy) is 1. The molecule has 4 rings (SSSR count). The van der Waals surface area contributed by atoms with Crippen LogP contribution in [0.1, 0.15) is 44.9 Å². The highest BCUT2D eigenvalue weighted by molar-refractivity contribution is 5.68. The molecule has 31 heavy (non-hydrogen) atoms. The highest BCUT2D eigenvalue weighted by Crippen LogP contribution is 2.43. The predicted molar refractivity (Wildman–Crippen MR) is 115 cm³/mol. The van der Waals surface area contributed by atoms with Crippen LogP contribution in [0.2, 0.25) is 0 Å². The molecule has 0 N–H and O–H groups in total. The van der Waals surface area contributed by atoms with Crippen LogP contribution in [0.15, 0.2) is 18.3 Å². The molecule has 1 saturated heterocycles. The zero-order chi connectivity index (χ0) is 22.5. The van der Waals surface area contributed by atoms with Gasteiger partial charge in [-0.1, -0.05) is 12.1 Å². The number of amides is 1. The van der Waals surface area contributed by atoms with Crippen LogP contribution in [0, 0.1) is 36.3 Å². The molecule has 1 unspecified atom stereocenters. The van der Waals surface area contributed by atoms with Crippen LogP contribution in [0.25, 0.3) is 11.1 Å². The van der Waals surface area contributed by atoms with Crippen molar-refractivity contribution in [3.8, 4) is 11.1 Å². The Labute approximate surface area is 182 Å². The van der Waals surface area contributed by atoms with Gasteiger partial charge in [0.25, 0.3) is 0 Å². The summed E-state index contributed by atoms with van der Waals surface area (Å²) in [6.45, 7) is 8.77. The molecule has 5 nitrogen and oxygen atoms in total. The van der Waals surface area contributed by atoms with Gasteiger partial charge in [0.15, 0.2) is 11.6 Å². The van der Waals surface area contributed by atoms with E-state index in [1.165, 1.54) is 0 Å². The van der Waals surface area contributed by atoms with E-state index in [1.807, 2.05) is 20.8 Å². The molecule has 2 fully saturated rings. The summed E-state index contributed by atoms with van der Waals surface area (Å²) in [6, 6.07) is 3.37. The highest BCUT2D eigenvalue weighted by Gasteiger charge is 2.43. The van der Waals surface area contributed by atoms with Crippen LogP contribution in [0.3, 0.4) is 0 Å². The van der Waals surface area contributed by atoms with Gasteiger partial charge in [-0.15, -0.1) is 0 Å². The molecule has 1 amide bonds. The smallest absolute Gasteiger partial charge is 0.410 e. The lowest BCUT2D eigenvalue weighted by atomic mass is 9.94. The Morgan fingerprint density at radius 3 is 2.32 bits per heavy atom. The van der Waals surface area contributed by atoms with Crippen LogP contribution < -0.4 is 0 Å². The number of aromatic nitrogens is 2. The minimum absolute atomic E-state index is 0.253. The molecule has 1 aliphatic heterocycles. The van der Waals surface area contributed by atoms with Gasteiger partial charge in [0.1, 0.15) is 5.60 Å². The van der Waals surface area contributed by atoms with Crippen molar-refractivity contribution in [2.45, 2.75) is 52.6 Å². The van der Waals surface area contributed by atoms with Crippen molar-refractivity contribution in [2.75, 3.05) is 13.1 Å². The third kappa shape index (κ3) is 4.46. The van der Waals surface area contributed by atoms with E-state index < -0.39 is 17.2 Å². The van der Waals surface area contributed by atoms with E-state index >= 15 is 0 Å². The lowest BCUT2D eigenvalue weighted by Gasteiger charge is -2.25. The number of hydrogen-bond acceptors (Lipinski definition) is 3. The number of aryl methyl sites for hydroxylation is 2. The number of hydrogen-bond donors (Lipinski definition) is 0. The van der Waals surface area contributed by atoms with Crippen molar-refractivity contribution in [1.29, 1.82) is 0 Å². The van der Waals surface area contributed by atoms with Gasteiger partial charge in [-0.25, -0.2) is 13.6 Å². The van der Waals surface area contributed by atoms with Gasteiger partial charge in [0.05, 0.1) is 5.69 Å². The summed E-state index contributed by atoms with van der Waals surface area (Å²) in [5, 5.41) is 4.22. The molecule has 2 heterocycles. The molecule has 0 bridgehead atoms. The Morgan fingerprint density at radius 2 is 1.77 bits per heavy atom. The Morgan fingerprint density at radius 1 is 1.13 bits per heavy atom. The summed E-state index contributed by atoms with van der Waals surface area (Å²) in [7, 11) is 1.76. The van der Waals surface area contributed by atoms with Gasteiger partial charge in [0.2, 0.25) is 0 Å². The Kier molecular flexibility index (Phi) is 5.56. The monoisotopic (exact) mass is 431 g/mol. The zero-order valence-electron chi connectivity index (χ0n) is 18.9. The number of benzene rings is 1. The fourth-order valence-electron chi connectivity index (χ4n) is 5.20. The highest BCUT2D eigenvalue weighted by atomic mass is 19.2. The Balaban J connectivity index is 1.40. The molecule has 7 heteroatoms. The van der Waals surface area contributed by atoms with Crippen LogP contribution in [-0.2, 0) is 18.2 Å². The number of likely N-dealkylation sites (tertiary alicyclic amines) is 1. The Hall–Kier alpha value is -2.44. The second-order valence-electron chi connectivity index (χ2n) is 10.1. The minimum Gasteiger partial charge on any atom is -0.444 e. The maximum Gasteiger partial charge on any atom is 0.410 e. The van der Waals surface area contributed by atoms with Crippen LogP contribution in [-0.4, -0.2) is 39.5 Å². The lowest BCUT2D eigenvalue weighted by Crippen LogP contribution is -2.36. The number of rotatable bonds is 3. The number of nitrogens with zero attached hydrogens (tertiary/aromatic N) is 3. The first-order chi connectivity index (χ1) is 14.5. The topological polar surface area (TPSA) is 47.4 Å². The third-order valence-corrected chi connectivity index (χ3v) is 6.47. The minimum atomic E-state index is -0.803. The maximum atomic E-state index is 14.9. The second kappa shape index (κ2) is 7.92. The summed E-state index contributed by atoms with van der Waals surface area (Å²) in [5.74, 6) is -0.447. The summed E-state index contributed by atoms with van der Waals surface area (Å²) in [6.07, 6.45) is 3.83. The fraction of sp³-hybridized carbons (Fsp3) is 0.583. The van der Waals surface area contributed by atoms with E-state index in [4.69, 9.17) is 4.74 Å². The van der Waals surface area contributed by atoms with Gasteiger partial charge in [-0.05, 0) is 70.3 Å². The molecular formula is C24H31F2N3O2. The molecule has 1 saturated carbocycles. The maximum absolute atomic E-state index is 14.9. The average Bonchev–Trinajstić information content (AvgIpc) is 3.30. The zero-order valence-corrected chi connectivity index (χ0v) is 18.9. The van der Waals surface area contributed by atoms with Crippen LogP contribution in [0.4, 0.5) is 13.6 Å². The molecule has 2 aliphatic rings. The normalized spacial score (nSPS) is 23.3.